The molecule has 0 atom stereocenters. The van der Waals surface area contributed by atoms with Gasteiger partial charge in [-0.3, -0.25) is 9.78 Å². The van der Waals surface area contributed by atoms with Gasteiger partial charge in [-0.05, 0) is 17.7 Å². The summed E-state index contributed by atoms with van der Waals surface area (Å²) in [4.78, 5) is 16.6. The van der Waals surface area contributed by atoms with Crippen LogP contribution in [0.3, 0.4) is 0 Å². The summed E-state index contributed by atoms with van der Waals surface area (Å²) in [5.41, 5.74) is 3.04. The molecule has 0 radical (unpaired) electrons. The van der Waals surface area contributed by atoms with Crippen molar-refractivity contribution >= 4 is 17.3 Å². The van der Waals surface area contributed by atoms with Crippen molar-refractivity contribution in [1.82, 2.24) is 9.97 Å². The van der Waals surface area contributed by atoms with Crippen molar-refractivity contribution in [2.45, 2.75) is 12.6 Å². The highest BCUT2D eigenvalue weighted by Gasteiger charge is 2.32. The van der Waals surface area contributed by atoms with Gasteiger partial charge in [0.1, 0.15) is 17.2 Å². The van der Waals surface area contributed by atoms with Gasteiger partial charge in [-0.25, -0.2) is 4.39 Å². The van der Waals surface area contributed by atoms with Crippen LogP contribution in [0.15, 0.2) is 23.1 Å². The lowest BCUT2D eigenvalue weighted by Crippen LogP contribution is -2.21. The summed E-state index contributed by atoms with van der Waals surface area (Å²) in [6, 6.07) is 2.17. The lowest BCUT2D eigenvalue weighted by atomic mass is 10.1. The largest absolute Gasteiger partial charge is 0.432 e. The standard InChI is InChI=1S/C12H8ClF4N3O/c13-6-3-7(14)5(1-8(6)18)2-9-11(21)20-10(4-19-9)12(15,16)17/h1,3-4H,2,18H2,(H,20,21). The Bertz CT molecular complexity index is 742. The lowest BCUT2D eigenvalue weighted by molar-refractivity contribution is -0.141. The number of halogens is 5. The normalized spacial score (nSPS) is 11.7. The molecule has 0 spiro atoms. The molecule has 1 heterocycles. The second kappa shape index (κ2) is 5.36. The van der Waals surface area contributed by atoms with Crippen molar-refractivity contribution in [3.8, 4) is 0 Å². The van der Waals surface area contributed by atoms with E-state index < -0.39 is 23.2 Å². The van der Waals surface area contributed by atoms with Gasteiger partial charge in [-0.1, -0.05) is 11.6 Å². The van der Waals surface area contributed by atoms with Gasteiger partial charge in [0.25, 0.3) is 5.56 Å². The molecule has 1 aromatic heterocycles. The highest BCUT2D eigenvalue weighted by Crippen LogP contribution is 2.26. The van der Waals surface area contributed by atoms with E-state index in [4.69, 9.17) is 17.3 Å². The molecule has 0 aliphatic carbocycles. The first kappa shape index (κ1) is 15.3. The van der Waals surface area contributed by atoms with Crippen LogP contribution in [0.5, 0.6) is 0 Å². The zero-order chi connectivity index (χ0) is 15.8. The topological polar surface area (TPSA) is 71.8 Å². The molecule has 0 amide bonds. The van der Waals surface area contributed by atoms with Crippen molar-refractivity contribution in [2.75, 3.05) is 5.73 Å². The van der Waals surface area contributed by atoms with Gasteiger partial charge >= 0.3 is 6.18 Å². The van der Waals surface area contributed by atoms with E-state index in [0.29, 0.717) is 6.20 Å². The molecule has 112 valence electrons. The number of nitrogens with two attached hydrogens (primary N) is 1. The molecule has 21 heavy (non-hydrogen) atoms. The number of nitrogens with zero attached hydrogens (tertiary/aromatic N) is 1. The van der Waals surface area contributed by atoms with Crippen LogP contribution in [0.4, 0.5) is 23.2 Å². The lowest BCUT2D eigenvalue weighted by Gasteiger charge is -2.08. The molecule has 0 saturated heterocycles. The molecule has 3 N–H and O–H groups in total. The number of aromatic amines is 1. The molecule has 0 aliphatic rings. The third kappa shape index (κ3) is 3.33. The average Bonchev–Trinajstić information content (AvgIpc) is 2.36. The number of benzene rings is 1. The van der Waals surface area contributed by atoms with Crippen molar-refractivity contribution in [3.63, 3.8) is 0 Å². The predicted molar refractivity (Wildman–Crippen MR) is 68.5 cm³/mol. The highest BCUT2D eigenvalue weighted by molar-refractivity contribution is 6.33. The fourth-order valence-electron chi connectivity index (χ4n) is 1.63. The second-order valence-electron chi connectivity index (χ2n) is 4.21. The first-order valence-corrected chi connectivity index (χ1v) is 5.95. The van der Waals surface area contributed by atoms with Crippen molar-refractivity contribution in [1.29, 1.82) is 0 Å². The molecule has 2 rings (SSSR count). The fourth-order valence-corrected chi connectivity index (χ4v) is 1.78. The maximum absolute atomic E-state index is 13.7. The quantitative estimate of drug-likeness (QED) is 0.660. The summed E-state index contributed by atoms with van der Waals surface area (Å²) >= 11 is 5.62. The van der Waals surface area contributed by atoms with Gasteiger partial charge in [-0.2, -0.15) is 13.2 Å². The maximum Gasteiger partial charge on any atom is 0.432 e. The van der Waals surface area contributed by atoms with E-state index in [1.54, 1.807) is 4.98 Å². The Balaban J connectivity index is 2.37. The molecule has 0 saturated carbocycles. The minimum absolute atomic E-state index is 0.00513. The monoisotopic (exact) mass is 321 g/mol. The average molecular weight is 322 g/mol. The van der Waals surface area contributed by atoms with Crippen LogP contribution in [-0.4, -0.2) is 9.97 Å². The third-order valence-electron chi connectivity index (χ3n) is 2.69. The van der Waals surface area contributed by atoms with Crippen LogP contribution in [0.2, 0.25) is 5.02 Å². The van der Waals surface area contributed by atoms with Crippen LogP contribution in [-0.2, 0) is 12.6 Å². The number of hydrogen-bond acceptors (Lipinski definition) is 3. The highest BCUT2D eigenvalue weighted by atomic mass is 35.5. The summed E-state index contributed by atoms with van der Waals surface area (Å²) in [7, 11) is 0. The molecule has 0 unspecified atom stereocenters. The van der Waals surface area contributed by atoms with Gasteiger partial charge < -0.3 is 10.7 Å². The summed E-state index contributed by atoms with van der Waals surface area (Å²) in [5, 5.41) is 0.00513. The maximum atomic E-state index is 13.7. The Morgan fingerprint density at radius 3 is 2.57 bits per heavy atom. The Hall–Kier alpha value is -2.09. The van der Waals surface area contributed by atoms with Gasteiger partial charge in [0.05, 0.1) is 16.9 Å². The number of nitrogen functional groups attached to an aromatic ring is 1. The van der Waals surface area contributed by atoms with Crippen LogP contribution >= 0.6 is 11.6 Å². The number of anilines is 1. The molecular weight excluding hydrogens is 314 g/mol. The van der Waals surface area contributed by atoms with Gasteiger partial charge in [0, 0.05) is 6.42 Å². The molecule has 1 aromatic carbocycles. The summed E-state index contributed by atoms with van der Waals surface area (Å²) < 4.78 is 50.8. The van der Waals surface area contributed by atoms with E-state index in [1.807, 2.05) is 0 Å². The molecule has 0 aliphatic heterocycles. The van der Waals surface area contributed by atoms with E-state index in [9.17, 15) is 22.4 Å². The first-order valence-electron chi connectivity index (χ1n) is 5.57. The van der Waals surface area contributed by atoms with Gasteiger partial charge in [-0.15, -0.1) is 0 Å². The SMILES string of the molecule is Nc1cc(Cc2ncc(C(F)(F)F)[nH]c2=O)c(F)cc1Cl. The van der Waals surface area contributed by atoms with E-state index >= 15 is 0 Å². The Morgan fingerprint density at radius 1 is 1.33 bits per heavy atom. The minimum atomic E-state index is -4.71. The summed E-state index contributed by atoms with van der Waals surface area (Å²) in [6.45, 7) is 0. The molecule has 4 nitrogen and oxygen atoms in total. The smallest absolute Gasteiger partial charge is 0.398 e. The number of aromatic nitrogens is 2. The van der Waals surface area contributed by atoms with Gasteiger partial charge in [0.2, 0.25) is 0 Å². The first-order chi connectivity index (χ1) is 9.68. The number of hydrogen-bond donors (Lipinski definition) is 2. The zero-order valence-electron chi connectivity index (χ0n) is 10.3. The second-order valence-corrected chi connectivity index (χ2v) is 4.62. The third-order valence-corrected chi connectivity index (χ3v) is 3.02. The minimum Gasteiger partial charge on any atom is -0.398 e. The van der Waals surface area contributed by atoms with Gasteiger partial charge in [0.15, 0.2) is 0 Å². The molecule has 2 aromatic rings. The fraction of sp³-hybridized carbons (Fsp3) is 0.167. The molecule has 0 fully saturated rings. The Kier molecular flexibility index (Phi) is 3.91. The summed E-state index contributed by atoms with van der Waals surface area (Å²) in [6.07, 6.45) is -4.53. The predicted octanol–water partition coefficient (Wildman–Crippen LogP) is 2.75. The van der Waals surface area contributed by atoms with Crippen LogP contribution in [0, 0.1) is 5.82 Å². The van der Waals surface area contributed by atoms with Crippen LogP contribution < -0.4 is 11.3 Å². The number of rotatable bonds is 2. The molecule has 9 heteroatoms. The van der Waals surface area contributed by atoms with E-state index in [0.717, 1.165) is 6.07 Å². The number of alkyl halides is 3. The number of nitrogens with one attached hydrogen (secondary N) is 1. The zero-order valence-corrected chi connectivity index (χ0v) is 11.0. The Labute approximate surface area is 120 Å². The van der Waals surface area contributed by atoms with E-state index in [2.05, 4.69) is 4.98 Å². The number of H-pyrrole nitrogens is 1. The van der Waals surface area contributed by atoms with Crippen molar-refractivity contribution in [3.05, 3.63) is 56.5 Å². The van der Waals surface area contributed by atoms with Crippen LogP contribution in [0.25, 0.3) is 0 Å². The molecule has 0 bridgehead atoms. The summed E-state index contributed by atoms with van der Waals surface area (Å²) in [5.74, 6) is -0.727. The van der Waals surface area contributed by atoms with Crippen molar-refractivity contribution < 1.29 is 17.6 Å². The van der Waals surface area contributed by atoms with Crippen molar-refractivity contribution in [2.24, 2.45) is 0 Å². The van der Waals surface area contributed by atoms with Crippen LogP contribution in [0.1, 0.15) is 17.0 Å². The van der Waals surface area contributed by atoms with E-state index in [-0.39, 0.29) is 28.4 Å². The van der Waals surface area contributed by atoms with E-state index in [1.165, 1.54) is 6.07 Å². The molecular formula is C12H8ClF4N3O. The Morgan fingerprint density at radius 2 is 2.00 bits per heavy atom.